The van der Waals surface area contributed by atoms with E-state index in [0.29, 0.717) is 29.0 Å². The van der Waals surface area contributed by atoms with Crippen molar-refractivity contribution in [3.05, 3.63) is 40.4 Å². The van der Waals surface area contributed by atoms with Crippen LogP contribution in [0.25, 0.3) is 0 Å². The van der Waals surface area contributed by atoms with Crippen LogP contribution in [0.1, 0.15) is 5.56 Å². The Labute approximate surface area is 118 Å². The number of hydrogen-bond donors (Lipinski definition) is 1. The minimum absolute atomic E-state index is 0.271. The highest BCUT2D eigenvalue weighted by Crippen LogP contribution is 2.26. The first-order valence-corrected chi connectivity index (χ1v) is 6.34. The van der Waals surface area contributed by atoms with Crippen LogP contribution in [0.15, 0.2) is 29.8 Å². The van der Waals surface area contributed by atoms with Gasteiger partial charge < -0.3 is 14.8 Å². The van der Waals surface area contributed by atoms with Crippen LogP contribution in [0.3, 0.4) is 0 Å². The summed E-state index contributed by atoms with van der Waals surface area (Å²) in [7, 11) is 1.66. The van der Waals surface area contributed by atoms with E-state index in [4.69, 9.17) is 32.7 Å². The molecule has 0 bridgehead atoms. The third-order valence-corrected chi connectivity index (χ3v) is 2.71. The second-order valence-electron chi connectivity index (χ2n) is 3.69. The van der Waals surface area contributed by atoms with Gasteiger partial charge in [-0.1, -0.05) is 35.8 Å². The maximum atomic E-state index is 6.15. The molecule has 1 aromatic rings. The first-order valence-electron chi connectivity index (χ1n) is 5.58. The Hall–Kier alpha value is -0.740. The summed E-state index contributed by atoms with van der Waals surface area (Å²) in [5.41, 5.74) is 0.910. The molecule has 0 aromatic heterocycles. The van der Waals surface area contributed by atoms with Gasteiger partial charge in [-0.3, -0.25) is 0 Å². The molecule has 5 heteroatoms. The van der Waals surface area contributed by atoms with Gasteiger partial charge in [0.05, 0.1) is 6.61 Å². The van der Waals surface area contributed by atoms with E-state index in [9.17, 15) is 0 Å². The van der Waals surface area contributed by atoms with Crippen molar-refractivity contribution < 1.29 is 9.47 Å². The molecule has 0 atom stereocenters. The first kappa shape index (κ1) is 15.3. The molecule has 0 spiro atoms. The van der Waals surface area contributed by atoms with Gasteiger partial charge in [0.15, 0.2) is 0 Å². The normalized spacial score (nSPS) is 10.4. The minimum Gasteiger partial charge on any atom is -0.488 e. The molecule has 100 valence electrons. The van der Waals surface area contributed by atoms with Crippen LogP contribution < -0.4 is 10.1 Å². The lowest BCUT2D eigenvalue weighted by molar-refractivity contribution is 0.199. The van der Waals surface area contributed by atoms with E-state index in [0.717, 1.165) is 12.1 Å². The monoisotopic (exact) mass is 289 g/mol. The zero-order valence-electron chi connectivity index (χ0n) is 10.3. The zero-order valence-corrected chi connectivity index (χ0v) is 11.9. The molecule has 0 aliphatic rings. The fraction of sp³-hybridized carbons (Fsp3) is 0.385. The summed E-state index contributed by atoms with van der Waals surface area (Å²) >= 11 is 11.8. The predicted molar refractivity (Wildman–Crippen MR) is 75.5 cm³/mol. The number of rotatable bonds is 8. The topological polar surface area (TPSA) is 30.5 Å². The summed E-state index contributed by atoms with van der Waals surface area (Å²) < 4.78 is 10.5. The Balaban J connectivity index is 2.64. The van der Waals surface area contributed by atoms with Gasteiger partial charge in [0.1, 0.15) is 12.4 Å². The maximum Gasteiger partial charge on any atom is 0.125 e. The molecule has 0 fully saturated rings. The van der Waals surface area contributed by atoms with E-state index in [2.05, 4.69) is 11.9 Å². The van der Waals surface area contributed by atoms with Crippen LogP contribution in [0.5, 0.6) is 5.75 Å². The molecule has 18 heavy (non-hydrogen) atoms. The first-order chi connectivity index (χ1) is 8.65. The lowest BCUT2D eigenvalue weighted by Gasteiger charge is -2.13. The van der Waals surface area contributed by atoms with Gasteiger partial charge in [-0.15, -0.1) is 0 Å². The van der Waals surface area contributed by atoms with Crippen LogP contribution in [-0.4, -0.2) is 26.9 Å². The van der Waals surface area contributed by atoms with Crippen LogP contribution in [0, 0.1) is 0 Å². The second-order valence-corrected chi connectivity index (χ2v) is 4.63. The van der Waals surface area contributed by atoms with Crippen molar-refractivity contribution in [3.63, 3.8) is 0 Å². The minimum atomic E-state index is 0.271. The number of halogens is 2. The molecular weight excluding hydrogens is 273 g/mol. The lowest BCUT2D eigenvalue weighted by atomic mass is 10.2. The fourth-order valence-electron chi connectivity index (χ4n) is 1.39. The molecule has 0 saturated heterocycles. The van der Waals surface area contributed by atoms with E-state index in [-0.39, 0.29) is 6.61 Å². The molecule has 1 aromatic carbocycles. The highest BCUT2D eigenvalue weighted by molar-refractivity contribution is 6.31. The highest BCUT2D eigenvalue weighted by Gasteiger charge is 2.08. The van der Waals surface area contributed by atoms with Gasteiger partial charge in [-0.05, 0) is 12.1 Å². The van der Waals surface area contributed by atoms with Gasteiger partial charge >= 0.3 is 0 Å². The molecule has 0 radical (unpaired) electrons. The number of methoxy groups -OCH3 is 1. The Morgan fingerprint density at radius 2 is 2.22 bits per heavy atom. The molecule has 0 amide bonds. The van der Waals surface area contributed by atoms with Crippen molar-refractivity contribution in [3.8, 4) is 5.75 Å². The third kappa shape index (κ3) is 5.27. The molecular formula is C13H17Cl2NO2. The summed E-state index contributed by atoms with van der Waals surface area (Å²) in [5.74, 6) is 0.717. The largest absolute Gasteiger partial charge is 0.488 e. The Bertz CT molecular complexity index is 397. The summed E-state index contributed by atoms with van der Waals surface area (Å²) in [6.07, 6.45) is 0. The summed E-state index contributed by atoms with van der Waals surface area (Å²) in [6, 6.07) is 5.53. The molecule has 1 N–H and O–H groups in total. The number of nitrogens with one attached hydrogen (secondary N) is 1. The Morgan fingerprint density at radius 1 is 1.44 bits per heavy atom. The molecule has 0 aliphatic carbocycles. The molecule has 0 saturated carbocycles. The van der Waals surface area contributed by atoms with E-state index < -0.39 is 0 Å². The average Bonchev–Trinajstić information content (AvgIpc) is 2.34. The van der Waals surface area contributed by atoms with Crippen molar-refractivity contribution in [2.75, 3.05) is 26.9 Å². The van der Waals surface area contributed by atoms with Crippen LogP contribution >= 0.6 is 23.2 Å². The smallest absolute Gasteiger partial charge is 0.125 e. The quantitative estimate of drug-likeness (QED) is 0.746. The maximum absolute atomic E-state index is 6.15. The molecule has 0 heterocycles. The van der Waals surface area contributed by atoms with Gasteiger partial charge in [0.25, 0.3) is 0 Å². The van der Waals surface area contributed by atoms with Crippen molar-refractivity contribution in [1.29, 1.82) is 0 Å². The van der Waals surface area contributed by atoms with Gasteiger partial charge in [0, 0.05) is 35.8 Å². The standard InChI is InChI=1S/C13H17Cl2NO2/c1-10(14)9-18-13-5-3-4-12(15)11(13)8-16-6-7-17-2/h3-5,16H,1,6-9H2,2H3. The van der Waals surface area contributed by atoms with Crippen molar-refractivity contribution >= 4 is 23.2 Å². The molecule has 0 unspecified atom stereocenters. The zero-order chi connectivity index (χ0) is 13.4. The summed E-state index contributed by atoms with van der Waals surface area (Å²) in [5, 5.41) is 4.34. The Kier molecular flexibility index (Phi) is 7.13. The number of hydrogen-bond acceptors (Lipinski definition) is 3. The van der Waals surface area contributed by atoms with Gasteiger partial charge in [-0.25, -0.2) is 0 Å². The van der Waals surface area contributed by atoms with Crippen LogP contribution in [0.2, 0.25) is 5.02 Å². The van der Waals surface area contributed by atoms with E-state index in [1.807, 2.05) is 18.2 Å². The molecule has 0 aliphatic heterocycles. The SMILES string of the molecule is C=C(Cl)COc1cccc(Cl)c1CNCCOC. The Morgan fingerprint density at radius 3 is 2.89 bits per heavy atom. The predicted octanol–water partition coefficient (Wildman–Crippen LogP) is 3.21. The highest BCUT2D eigenvalue weighted by atomic mass is 35.5. The lowest BCUT2D eigenvalue weighted by Crippen LogP contribution is -2.19. The van der Waals surface area contributed by atoms with Gasteiger partial charge in [0.2, 0.25) is 0 Å². The van der Waals surface area contributed by atoms with Crippen LogP contribution in [0.4, 0.5) is 0 Å². The van der Waals surface area contributed by atoms with E-state index in [1.54, 1.807) is 7.11 Å². The van der Waals surface area contributed by atoms with Crippen LogP contribution in [-0.2, 0) is 11.3 Å². The molecule has 3 nitrogen and oxygen atoms in total. The number of ether oxygens (including phenoxy) is 2. The van der Waals surface area contributed by atoms with Gasteiger partial charge in [-0.2, -0.15) is 0 Å². The van der Waals surface area contributed by atoms with Crippen molar-refractivity contribution in [2.45, 2.75) is 6.54 Å². The average molecular weight is 290 g/mol. The number of benzene rings is 1. The van der Waals surface area contributed by atoms with E-state index in [1.165, 1.54) is 0 Å². The fourth-order valence-corrected chi connectivity index (χ4v) is 1.68. The van der Waals surface area contributed by atoms with Crippen molar-refractivity contribution in [2.24, 2.45) is 0 Å². The molecule has 1 rings (SSSR count). The second kappa shape index (κ2) is 8.38. The van der Waals surface area contributed by atoms with E-state index >= 15 is 0 Å². The third-order valence-electron chi connectivity index (χ3n) is 2.24. The van der Waals surface area contributed by atoms with Crippen molar-refractivity contribution in [1.82, 2.24) is 5.32 Å². The summed E-state index contributed by atoms with van der Waals surface area (Å²) in [4.78, 5) is 0. The summed E-state index contributed by atoms with van der Waals surface area (Å²) in [6.45, 7) is 5.88.